The summed E-state index contributed by atoms with van der Waals surface area (Å²) in [6, 6.07) is 13.3. The molecule has 0 spiro atoms. The predicted octanol–water partition coefficient (Wildman–Crippen LogP) is 3.80. The number of carbonyl (C=O) groups is 1. The van der Waals surface area contributed by atoms with Gasteiger partial charge in [0.05, 0.1) is 27.6 Å². The lowest BCUT2D eigenvalue weighted by molar-refractivity contribution is -0.252. The number of hydrogen-bond donors (Lipinski definition) is 3. The Morgan fingerprint density at radius 3 is 2.80 bits per heavy atom. The molecule has 0 saturated carbocycles. The van der Waals surface area contributed by atoms with Gasteiger partial charge in [-0.1, -0.05) is 18.2 Å². The van der Waals surface area contributed by atoms with E-state index in [0.29, 0.717) is 18.5 Å². The van der Waals surface area contributed by atoms with Crippen LogP contribution < -0.4 is 11.1 Å². The fraction of sp³-hybridized carbons (Fsp3) is 0.296. The quantitative estimate of drug-likeness (QED) is 0.347. The van der Waals surface area contributed by atoms with E-state index < -0.39 is 5.72 Å². The third kappa shape index (κ3) is 2.09. The average Bonchev–Trinajstić information content (AvgIpc) is 3.46. The highest BCUT2D eigenvalue weighted by molar-refractivity contribution is 6.31. The van der Waals surface area contributed by atoms with Gasteiger partial charge in [-0.2, -0.15) is 0 Å². The molecule has 1 fully saturated rings. The number of nitrogens with one attached hydrogen (secondary N) is 1. The lowest BCUT2D eigenvalue weighted by Gasteiger charge is -2.47. The van der Waals surface area contributed by atoms with E-state index in [0.717, 1.165) is 49.2 Å². The third-order valence-electron chi connectivity index (χ3n) is 8.34. The Bertz CT molecular complexity index is 1780. The van der Waals surface area contributed by atoms with E-state index in [4.69, 9.17) is 15.2 Å². The monoisotopic (exact) mass is 468 g/mol. The van der Waals surface area contributed by atoms with E-state index in [1.54, 1.807) is 19.2 Å². The minimum absolute atomic E-state index is 0.0908. The molecule has 176 valence electrons. The summed E-state index contributed by atoms with van der Waals surface area (Å²) in [5.41, 5.74) is 11.4. The van der Waals surface area contributed by atoms with Crippen LogP contribution in [0.4, 0.5) is 0 Å². The number of aromatic nitrogens is 2. The van der Waals surface area contributed by atoms with Gasteiger partial charge in [0, 0.05) is 47.7 Å². The minimum atomic E-state index is -0.877. The summed E-state index contributed by atoms with van der Waals surface area (Å²) < 4.78 is 17.4. The van der Waals surface area contributed by atoms with Gasteiger partial charge in [0.1, 0.15) is 18.1 Å². The van der Waals surface area contributed by atoms with Gasteiger partial charge in [0.25, 0.3) is 5.91 Å². The van der Waals surface area contributed by atoms with Crippen LogP contribution in [0.1, 0.15) is 35.5 Å². The number of amides is 1. The number of benzene rings is 3. The second-order valence-corrected chi connectivity index (χ2v) is 10.1. The van der Waals surface area contributed by atoms with Gasteiger partial charge in [-0.15, -0.1) is 0 Å². The second-order valence-electron chi connectivity index (χ2n) is 10.1. The van der Waals surface area contributed by atoms with E-state index in [-0.39, 0.29) is 30.0 Å². The number of fused-ring (bicyclic) bond motifs is 13. The molecule has 1 saturated heterocycles. The Hall–Kier alpha value is -3.59. The highest BCUT2D eigenvalue weighted by atomic mass is 16.6. The zero-order chi connectivity index (χ0) is 23.8. The minimum Gasteiger partial charge on any atom is -0.508 e. The molecule has 2 aromatic heterocycles. The molecule has 5 heterocycles. The van der Waals surface area contributed by atoms with Crippen molar-refractivity contribution in [3.05, 3.63) is 53.6 Å². The molecular formula is C27H24N4O4. The molecular weight excluding hydrogens is 444 g/mol. The van der Waals surface area contributed by atoms with Crippen molar-refractivity contribution >= 4 is 49.5 Å². The van der Waals surface area contributed by atoms with Crippen molar-refractivity contribution in [2.75, 3.05) is 7.11 Å². The molecule has 1 amide bonds. The van der Waals surface area contributed by atoms with Crippen LogP contribution in [-0.2, 0) is 21.7 Å². The normalized spacial score (nSPS) is 27.3. The van der Waals surface area contributed by atoms with Gasteiger partial charge in [0.2, 0.25) is 0 Å². The maximum Gasteiger partial charge on any atom is 0.252 e. The summed E-state index contributed by atoms with van der Waals surface area (Å²) in [5.74, 6) is 0.0684. The van der Waals surface area contributed by atoms with Crippen molar-refractivity contribution in [2.45, 2.75) is 44.0 Å². The van der Waals surface area contributed by atoms with Crippen molar-refractivity contribution in [2.24, 2.45) is 5.73 Å². The second kappa shape index (κ2) is 6.15. The van der Waals surface area contributed by atoms with Crippen molar-refractivity contribution in [1.82, 2.24) is 14.5 Å². The van der Waals surface area contributed by atoms with E-state index in [1.807, 2.05) is 18.2 Å². The van der Waals surface area contributed by atoms with Crippen molar-refractivity contribution in [1.29, 1.82) is 0 Å². The number of aromatic hydroxyl groups is 1. The van der Waals surface area contributed by atoms with Gasteiger partial charge in [-0.05, 0) is 36.8 Å². The molecule has 4 N–H and O–H groups in total. The number of nitrogens with two attached hydrogens (primary N) is 1. The summed E-state index contributed by atoms with van der Waals surface area (Å²) >= 11 is 0. The van der Waals surface area contributed by atoms with Crippen LogP contribution >= 0.6 is 0 Å². The molecule has 5 aromatic rings. The first-order valence-electron chi connectivity index (χ1n) is 11.9. The molecule has 8 nitrogen and oxygen atoms in total. The number of carbonyl (C=O) groups excluding carboxylic acids is 1. The van der Waals surface area contributed by atoms with E-state index in [1.165, 1.54) is 0 Å². The van der Waals surface area contributed by atoms with Crippen LogP contribution in [0.3, 0.4) is 0 Å². The molecule has 8 rings (SSSR count). The van der Waals surface area contributed by atoms with Crippen molar-refractivity contribution in [3.63, 3.8) is 0 Å². The van der Waals surface area contributed by atoms with Gasteiger partial charge < -0.3 is 34.8 Å². The smallest absolute Gasteiger partial charge is 0.252 e. The fourth-order valence-corrected chi connectivity index (χ4v) is 7.15. The number of methoxy groups -OCH3 is 1. The summed E-state index contributed by atoms with van der Waals surface area (Å²) in [6.07, 6.45) is -0.183. The molecule has 0 aliphatic carbocycles. The Kier molecular flexibility index (Phi) is 3.46. The first-order chi connectivity index (χ1) is 16.9. The number of para-hydroxylation sites is 1. The number of phenols is 1. The Labute approximate surface area is 199 Å². The highest BCUT2D eigenvalue weighted by Gasteiger charge is 2.52. The Balaban J connectivity index is 1.74. The maximum atomic E-state index is 13.3. The molecule has 3 aliphatic rings. The number of phenolic OH excluding ortho intramolecular Hbond substituents is 1. The molecule has 35 heavy (non-hydrogen) atoms. The molecule has 0 unspecified atom stereocenters. The standard InChI is InChI=1S/C27H24N4O4/c1-27-25(34-2)16(28)10-19(35-27)30-17-8-7-12(32)9-14(17)21-22-15(11-29-26(22)33)20-13-5-3-4-6-18(13)31(27)24(20)23(21)30/h3-9,16,19,25,32H,10-11,28H2,1-2H3,(H,29,33)/t16-,19+,25-,27-/m1/s1. The van der Waals surface area contributed by atoms with Crippen LogP contribution in [0.15, 0.2) is 42.5 Å². The van der Waals surface area contributed by atoms with Crippen LogP contribution in [0.5, 0.6) is 5.75 Å². The molecule has 8 heteroatoms. The van der Waals surface area contributed by atoms with Gasteiger partial charge >= 0.3 is 0 Å². The topological polar surface area (TPSA) is 104 Å². The third-order valence-corrected chi connectivity index (χ3v) is 8.34. The van der Waals surface area contributed by atoms with E-state index in [9.17, 15) is 9.90 Å². The highest BCUT2D eigenvalue weighted by Crippen LogP contribution is 2.53. The number of nitrogens with zero attached hydrogens (tertiary/aromatic N) is 2. The van der Waals surface area contributed by atoms with E-state index >= 15 is 0 Å². The number of ether oxygens (including phenoxy) is 2. The Morgan fingerprint density at radius 2 is 1.97 bits per heavy atom. The van der Waals surface area contributed by atoms with Crippen LogP contribution in [-0.4, -0.2) is 39.4 Å². The first kappa shape index (κ1) is 19.7. The van der Waals surface area contributed by atoms with Crippen molar-refractivity contribution < 1.29 is 19.4 Å². The Morgan fingerprint density at radius 1 is 1.14 bits per heavy atom. The predicted molar refractivity (Wildman–Crippen MR) is 132 cm³/mol. The van der Waals surface area contributed by atoms with Gasteiger partial charge in [-0.3, -0.25) is 4.79 Å². The van der Waals surface area contributed by atoms with Crippen LogP contribution in [0, 0.1) is 0 Å². The molecule has 4 atom stereocenters. The maximum absolute atomic E-state index is 13.3. The zero-order valence-corrected chi connectivity index (χ0v) is 19.3. The largest absolute Gasteiger partial charge is 0.508 e. The molecule has 0 radical (unpaired) electrons. The zero-order valence-electron chi connectivity index (χ0n) is 19.3. The summed E-state index contributed by atoms with van der Waals surface area (Å²) in [7, 11) is 1.69. The summed E-state index contributed by atoms with van der Waals surface area (Å²) in [5, 5.41) is 17.3. The molecule has 3 aliphatic heterocycles. The lowest BCUT2D eigenvalue weighted by Crippen LogP contribution is -2.59. The van der Waals surface area contributed by atoms with Crippen LogP contribution in [0.2, 0.25) is 0 Å². The summed E-state index contributed by atoms with van der Waals surface area (Å²) in [4.78, 5) is 13.3. The number of rotatable bonds is 1. The van der Waals surface area contributed by atoms with E-state index in [2.05, 4.69) is 33.5 Å². The average molecular weight is 469 g/mol. The SMILES string of the molecule is CO[C@@H]1[C@H](N)C[C@@H]2O[C@@]1(C)n1c3ccccc3c3c4c(c5c6cc(O)ccc6n2c5c31)C(=O)NC4. The fourth-order valence-electron chi connectivity index (χ4n) is 7.15. The van der Waals surface area contributed by atoms with Gasteiger partial charge in [-0.25, -0.2) is 0 Å². The summed E-state index contributed by atoms with van der Waals surface area (Å²) in [6.45, 7) is 2.51. The number of hydrogen-bond acceptors (Lipinski definition) is 5. The first-order valence-corrected chi connectivity index (χ1v) is 11.9. The van der Waals surface area contributed by atoms with Crippen LogP contribution in [0.25, 0.3) is 43.6 Å². The van der Waals surface area contributed by atoms with Crippen molar-refractivity contribution in [3.8, 4) is 5.75 Å². The van der Waals surface area contributed by atoms with Gasteiger partial charge in [0.15, 0.2) is 5.72 Å². The molecule has 3 aromatic carbocycles. The lowest BCUT2D eigenvalue weighted by atomic mass is 9.93. The molecule has 2 bridgehead atoms.